The summed E-state index contributed by atoms with van der Waals surface area (Å²) in [5.74, 6) is -4.77. The van der Waals surface area contributed by atoms with Gasteiger partial charge in [-0.15, -0.1) is 0 Å². The summed E-state index contributed by atoms with van der Waals surface area (Å²) < 4.78 is 4.41. The molecule has 0 aliphatic rings. The number of aliphatic hydroxyl groups is 1. The van der Waals surface area contributed by atoms with Crippen LogP contribution in [0.2, 0.25) is 0 Å². The van der Waals surface area contributed by atoms with E-state index < -0.39 is 17.7 Å². The van der Waals surface area contributed by atoms with Crippen molar-refractivity contribution in [1.29, 1.82) is 0 Å². The van der Waals surface area contributed by atoms with Crippen LogP contribution in [0.25, 0.3) is 0 Å². The number of carbonyl (C=O) groups excluding carboxylic acids is 1. The Morgan fingerprint density at radius 3 is 2.36 bits per heavy atom. The topological polar surface area (TPSA) is 95.9 Å². The van der Waals surface area contributed by atoms with Crippen molar-refractivity contribution < 1.29 is 24.5 Å². The molecule has 0 aromatic carbocycles. The van der Waals surface area contributed by atoms with E-state index in [0.29, 0.717) is 6.54 Å². The van der Waals surface area contributed by atoms with Crippen LogP contribution in [-0.4, -0.2) is 41.0 Å². The van der Waals surface area contributed by atoms with Crippen LogP contribution in [0.3, 0.4) is 0 Å². The molecule has 0 heterocycles. The summed E-state index contributed by atoms with van der Waals surface area (Å²) in [6.07, 6.45) is -0.194. The number of esters is 1. The van der Waals surface area contributed by atoms with Gasteiger partial charge in [0.05, 0.1) is 6.54 Å². The van der Waals surface area contributed by atoms with Crippen LogP contribution in [0.1, 0.15) is 20.3 Å². The Hall–Kier alpha value is -1.14. The number of likely N-dealkylation sites (N-methyl/N-ethyl adjacent to an activating group) is 1. The highest BCUT2D eigenvalue weighted by atomic mass is 16.7. The summed E-state index contributed by atoms with van der Waals surface area (Å²) in [7, 11) is 0. The maximum atomic E-state index is 11.0. The van der Waals surface area contributed by atoms with Gasteiger partial charge in [0.15, 0.2) is 0 Å². The van der Waals surface area contributed by atoms with Crippen molar-refractivity contribution in [2.45, 2.75) is 26.1 Å². The first-order chi connectivity index (χ1) is 6.46. The third kappa shape index (κ3) is 3.71. The quantitative estimate of drug-likeness (QED) is 0.393. The number of carboxylic acid groups (broad SMARTS) is 1. The molecule has 0 bridgehead atoms. The first kappa shape index (κ1) is 12.9. The van der Waals surface area contributed by atoms with Gasteiger partial charge in [-0.3, -0.25) is 4.79 Å². The van der Waals surface area contributed by atoms with Crippen molar-refractivity contribution in [2.75, 3.05) is 13.1 Å². The lowest BCUT2D eigenvalue weighted by Gasteiger charge is -2.21. The Morgan fingerprint density at radius 2 is 2.00 bits per heavy atom. The highest BCUT2D eigenvalue weighted by Crippen LogP contribution is 2.11. The van der Waals surface area contributed by atoms with Crippen molar-refractivity contribution in [2.24, 2.45) is 0 Å². The highest BCUT2D eigenvalue weighted by molar-refractivity contribution is 5.80. The predicted octanol–water partition coefficient (Wildman–Crippen LogP) is -0.678. The van der Waals surface area contributed by atoms with Gasteiger partial charge in [0.25, 0.3) is 0 Å². The van der Waals surface area contributed by atoms with Crippen LogP contribution < -0.4 is 5.32 Å². The lowest BCUT2D eigenvalue weighted by atomic mass is 10.2. The first-order valence-corrected chi connectivity index (χ1v) is 4.34. The molecule has 0 saturated carbocycles. The van der Waals surface area contributed by atoms with Crippen LogP contribution in [-0.2, 0) is 14.3 Å². The molecule has 6 nitrogen and oxygen atoms in total. The van der Waals surface area contributed by atoms with Crippen LogP contribution >= 0.6 is 0 Å². The number of rotatable bonds is 6. The van der Waals surface area contributed by atoms with Crippen molar-refractivity contribution in [3.63, 3.8) is 0 Å². The van der Waals surface area contributed by atoms with Gasteiger partial charge in [-0.25, -0.2) is 4.79 Å². The van der Waals surface area contributed by atoms with Crippen molar-refractivity contribution in [3.05, 3.63) is 0 Å². The van der Waals surface area contributed by atoms with E-state index in [-0.39, 0.29) is 13.0 Å². The minimum Gasteiger partial charge on any atom is -0.476 e. The Kier molecular flexibility index (Phi) is 5.11. The fourth-order valence-electron chi connectivity index (χ4n) is 0.719. The normalized spacial score (nSPS) is 14.5. The molecule has 14 heavy (non-hydrogen) atoms. The number of ether oxygens (including phenoxy) is 1. The number of hydrogen-bond donors (Lipinski definition) is 3. The van der Waals surface area contributed by atoms with Crippen LogP contribution in [0.5, 0.6) is 0 Å². The molecule has 1 unspecified atom stereocenters. The van der Waals surface area contributed by atoms with E-state index in [1.807, 2.05) is 0 Å². The second-order valence-electron chi connectivity index (χ2n) is 2.70. The zero-order valence-corrected chi connectivity index (χ0v) is 8.24. The predicted molar refractivity (Wildman–Crippen MR) is 47.5 cm³/mol. The van der Waals surface area contributed by atoms with Crippen molar-refractivity contribution in [1.82, 2.24) is 5.32 Å². The molecule has 0 aromatic rings. The summed E-state index contributed by atoms with van der Waals surface area (Å²) in [6, 6.07) is 0. The monoisotopic (exact) mass is 205 g/mol. The molecule has 0 aliphatic carbocycles. The minimum absolute atomic E-state index is 0.119. The van der Waals surface area contributed by atoms with Gasteiger partial charge in [0, 0.05) is 6.42 Å². The summed E-state index contributed by atoms with van der Waals surface area (Å²) in [6.45, 7) is 3.64. The lowest BCUT2D eigenvalue weighted by Crippen LogP contribution is -2.44. The van der Waals surface area contributed by atoms with Gasteiger partial charge in [-0.05, 0) is 6.54 Å². The van der Waals surface area contributed by atoms with Crippen LogP contribution in [0, 0.1) is 0 Å². The molecule has 82 valence electrons. The average molecular weight is 205 g/mol. The molecule has 0 rings (SSSR count). The molecule has 0 spiro atoms. The summed E-state index contributed by atoms with van der Waals surface area (Å²) in [5, 5.41) is 20.5. The summed E-state index contributed by atoms with van der Waals surface area (Å²) >= 11 is 0. The lowest BCUT2D eigenvalue weighted by molar-refractivity contribution is -0.223. The second-order valence-corrected chi connectivity index (χ2v) is 2.70. The molecule has 6 heteroatoms. The molecule has 3 N–H and O–H groups in total. The van der Waals surface area contributed by atoms with E-state index in [9.17, 15) is 14.7 Å². The smallest absolute Gasteiger partial charge is 0.377 e. The second kappa shape index (κ2) is 5.56. The number of hydrogen-bond acceptors (Lipinski definition) is 5. The molecular weight excluding hydrogens is 190 g/mol. The van der Waals surface area contributed by atoms with E-state index >= 15 is 0 Å². The largest absolute Gasteiger partial charge is 0.476 e. The van der Waals surface area contributed by atoms with E-state index in [4.69, 9.17) is 5.11 Å². The number of aliphatic carboxylic acids is 1. The number of carboxylic acids is 1. The van der Waals surface area contributed by atoms with Gasteiger partial charge in [-0.1, -0.05) is 13.8 Å². The fraction of sp³-hybridized carbons (Fsp3) is 0.750. The highest BCUT2D eigenvalue weighted by Gasteiger charge is 2.38. The Bertz CT molecular complexity index is 218. The third-order valence-electron chi connectivity index (χ3n) is 1.62. The zero-order chi connectivity index (χ0) is 11.2. The SMILES string of the molecule is CCNCC(=O)OC(O)(CC)C(=O)O. The molecule has 0 fully saturated rings. The fourth-order valence-corrected chi connectivity index (χ4v) is 0.719. The Balaban J connectivity index is 4.18. The van der Waals surface area contributed by atoms with Crippen LogP contribution in [0.4, 0.5) is 0 Å². The molecule has 0 amide bonds. The number of carbonyl (C=O) groups is 2. The van der Waals surface area contributed by atoms with Crippen LogP contribution in [0.15, 0.2) is 0 Å². The molecule has 0 radical (unpaired) electrons. The standard InChI is InChI=1S/C8H15NO5/c1-3-8(13,7(11)12)14-6(10)5-9-4-2/h9,13H,3-5H2,1-2H3,(H,11,12). The van der Waals surface area contributed by atoms with Gasteiger partial charge in [0.1, 0.15) is 0 Å². The summed E-state index contributed by atoms with van der Waals surface area (Å²) in [4.78, 5) is 21.5. The van der Waals surface area contributed by atoms with Gasteiger partial charge in [0.2, 0.25) is 0 Å². The maximum absolute atomic E-state index is 11.0. The summed E-state index contributed by atoms with van der Waals surface area (Å²) in [5.41, 5.74) is 0. The molecule has 1 atom stereocenters. The van der Waals surface area contributed by atoms with Gasteiger partial charge >= 0.3 is 17.7 Å². The van der Waals surface area contributed by atoms with E-state index in [1.165, 1.54) is 6.92 Å². The van der Waals surface area contributed by atoms with Crippen molar-refractivity contribution in [3.8, 4) is 0 Å². The maximum Gasteiger partial charge on any atom is 0.377 e. The molecule has 0 aromatic heterocycles. The minimum atomic E-state index is -2.41. The molecular formula is C8H15NO5. The molecule has 0 aliphatic heterocycles. The van der Waals surface area contributed by atoms with E-state index in [2.05, 4.69) is 10.1 Å². The van der Waals surface area contributed by atoms with E-state index in [0.717, 1.165) is 0 Å². The zero-order valence-electron chi connectivity index (χ0n) is 8.24. The van der Waals surface area contributed by atoms with Gasteiger partial charge < -0.3 is 20.3 Å². The Morgan fingerprint density at radius 1 is 1.43 bits per heavy atom. The Labute approximate surface area is 81.9 Å². The van der Waals surface area contributed by atoms with Crippen molar-refractivity contribution >= 4 is 11.9 Å². The average Bonchev–Trinajstić information content (AvgIpc) is 2.14. The van der Waals surface area contributed by atoms with E-state index in [1.54, 1.807) is 6.92 Å². The van der Waals surface area contributed by atoms with Gasteiger partial charge in [-0.2, -0.15) is 0 Å². The first-order valence-electron chi connectivity index (χ1n) is 4.34. The number of nitrogens with one attached hydrogen (secondary N) is 1. The third-order valence-corrected chi connectivity index (χ3v) is 1.62. The molecule has 0 saturated heterocycles.